The number of benzene rings is 1. The van der Waals surface area contributed by atoms with Gasteiger partial charge in [-0.1, -0.05) is 29.8 Å². The predicted octanol–water partition coefficient (Wildman–Crippen LogP) is 3.81. The quantitative estimate of drug-likeness (QED) is 0.301. The Kier molecular flexibility index (Phi) is 8.72. The van der Waals surface area contributed by atoms with Crippen LogP contribution < -0.4 is 10.6 Å². The van der Waals surface area contributed by atoms with Gasteiger partial charge >= 0.3 is 0 Å². The van der Waals surface area contributed by atoms with Gasteiger partial charge in [0.2, 0.25) is 0 Å². The topological polar surface area (TPSA) is 67.1 Å². The molecule has 0 saturated heterocycles. The normalized spacial score (nSPS) is 12.2. The number of hydrogen-bond acceptors (Lipinski definition) is 3. The van der Waals surface area contributed by atoms with Crippen LogP contribution in [-0.4, -0.2) is 34.3 Å². The first kappa shape index (κ1) is 22.2. The zero-order valence-electron chi connectivity index (χ0n) is 15.8. The van der Waals surface area contributed by atoms with Crippen molar-refractivity contribution in [1.82, 2.24) is 25.4 Å². The summed E-state index contributed by atoms with van der Waals surface area (Å²) in [6, 6.07) is 13.7. The largest absolute Gasteiger partial charge is 0.354 e. The molecular formula is C20H24ClIN6. The maximum atomic E-state index is 6.03. The van der Waals surface area contributed by atoms with E-state index in [-0.39, 0.29) is 30.0 Å². The third-order valence-corrected chi connectivity index (χ3v) is 4.58. The molecule has 8 heteroatoms. The fourth-order valence-corrected chi connectivity index (χ4v) is 2.92. The maximum absolute atomic E-state index is 6.03. The van der Waals surface area contributed by atoms with Crippen LogP contribution in [0.1, 0.15) is 22.9 Å². The summed E-state index contributed by atoms with van der Waals surface area (Å²) in [6.07, 6.45) is 5.53. The summed E-state index contributed by atoms with van der Waals surface area (Å²) < 4.78 is 1.92. The van der Waals surface area contributed by atoms with Crippen molar-refractivity contribution in [2.45, 2.75) is 19.5 Å². The van der Waals surface area contributed by atoms with Crippen molar-refractivity contribution in [3.63, 3.8) is 0 Å². The molecule has 2 aromatic heterocycles. The first-order valence-corrected chi connectivity index (χ1v) is 9.15. The molecule has 0 spiro atoms. The highest BCUT2D eigenvalue weighted by atomic mass is 127. The Hall–Kier alpha value is -2.13. The molecule has 148 valence electrons. The molecular weight excluding hydrogens is 487 g/mol. The van der Waals surface area contributed by atoms with Crippen molar-refractivity contribution in [1.29, 1.82) is 0 Å². The second kappa shape index (κ2) is 11.0. The van der Waals surface area contributed by atoms with Crippen LogP contribution in [0.15, 0.2) is 66.0 Å². The molecule has 6 nitrogen and oxygen atoms in total. The van der Waals surface area contributed by atoms with Crippen LogP contribution in [0.5, 0.6) is 0 Å². The van der Waals surface area contributed by atoms with Gasteiger partial charge in [0, 0.05) is 37.2 Å². The molecule has 0 bridgehead atoms. The van der Waals surface area contributed by atoms with Gasteiger partial charge in [0.1, 0.15) is 0 Å². The SMILES string of the molecule is CN=C(NCc1ncccc1C)NCC(c1ccc(Cl)cc1)n1cccn1.I. The van der Waals surface area contributed by atoms with Crippen LogP contribution in [0, 0.1) is 6.92 Å². The maximum Gasteiger partial charge on any atom is 0.191 e. The van der Waals surface area contributed by atoms with E-state index >= 15 is 0 Å². The second-order valence-electron chi connectivity index (χ2n) is 6.13. The van der Waals surface area contributed by atoms with E-state index in [1.807, 2.05) is 47.3 Å². The average molecular weight is 511 g/mol. The van der Waals surface area contributed by atoms with Crippen molar-refractivity contribution in [3.05, 3.63) is 82.9 Å². The molecule has 0 amide bonds. The fourth-order valence-electron chi connectivity index (χ4n) is 2.80. The van der Waals surface area contributed by atoms with Crippen molar-refractivity contribution in [2.24, 2.45) is 4.99 Å². The van der Waals surface area contributed by atoms with Crippen LogP contribution in [0.25, 0.3) is 0 Å². The molecule has 0 saturated carbocycles. The number of aryl methyl sites for hydroxylation is 1. The minimum absolute atomic E-state index is 0. The van der Waals surface area contributed by atoms with E-state index in [0.29, 0.717) is 24.1 Å². The Morgan fingerprint density at radius 1 is 1.14 bits per heavy atom. The lowest BCUT2D eigenvalue weighted by Gasteiger charge is -2.21. The monoisotopic (exact) mass is 510 g/mol. The number of hydrogen-bond donors (Lipinski definition) is 2. The van der Waals surface area contributed by atoms with Gasteiger partial charge in [0.25, 0.3) is 0 Å². The summed E-state index contributed by atoms with van der Waals surface area (Å²) in [5.41, 5.74) is 3.27. The highest BCUT2D eigenvalue weighted by Gasteiger charge is 2.15. The molecule has 0 aliphatic rings. The van der Waals surface area contributed by atoms with Crippen LogP contribution in [-0.2, 0) is 6.54 Å². The number of halogens is 2. The minimum atomic E-state index is 0. The number of guanidine groups is 1. The molecule has 0 aliphatic carbocycles. The molecule has 0 radical (unpaired) electrons. The summed E-state index contributed by atoms with van der Waals surface area (Å²) in [6.45, 7) is 3.29. The first-order chi connectivity index (χ1) is 13.2. The highest BCUT2D eigenvalue weighted by molar-refractivity contribution is 14.0. The molecule has 2 N–H and O–H groups in total. The Bertz CT molecular complexity index is 880. The van der Waals surface area contributed by atoms with E-state index in [4.69, 9.17) is 11.6 Å². The summed E-state index contributed by atoms with van der Waals surface area (Å²) >= 11 is 6.03. The molecule has 0 fully saturated rings. The van der Waals surface area contributed by atoms with Crippen molar-refractivity contribution >= 4 is 41.5 Å². The molecule has 1 aromatic carbocycles. The van der Waals surface area contributed by atoms with Crippen LogP contribution >= 0.6 is 35.6 Å². The van der Waals surface area contributed by atoms with E-state index < -0.39 is 0 Å². The number of pyridine rings is 1. The van der Waals surface area contributed by atoms with Crippen LogP contribution in [0.4, 0.5) is 0 Å². The summed E-state index contributed by atoms with van der Waals surface area (Å²) in [7, 11) is 1.76. The Morgan fingerprint density at radius 2 is 1.93 bits per heavy atom. The van der Waals surface area contributed by atoms with Gasteiger partial charge in [0.15, 0.2) is 5.96 Å². The smallest absolute Gasteiger partial charge is 0.191 e. The first-order valence-electron chi connectivity index (χ1n) is 8.77. The van der Waals surface area contributed by atoms with Gasteiger partial charge < -0.3 is 10.6 Å². The average Bonchev–Trinajstić information content (AvgIpc) is 3.21. The zero-order chi connectivity index (χ0) is 19.1. The summed E-state index contributed by atoms with van der Waals surface area (Å²) in [5, 5.41) is 11.8. The minimum Gasteiger partial charge on any atom is -0.354 e. The highest BCUT2D eigenvalue weighted by Crippen LogP contribution is 2.19. The number of aromatic nitrogens is 3. The molecule has 1 atom stereocenters. The number of aliphatic imine (C=N–C) groups is 1. The number of nitrogens with one attached hydrogen (secondary N) is 2. The van der Waals surface area contributed by atoms with Crippen molar-refractivity contribution in [3.8, 4) is 0 Å². The molecule has 2 heterocycles. The fraction of sp³-hybridized carbons (Fsp3) is 0.250. The van der Waals surface area contributed by atoms with Gasteiger partial charge in [-0.25, -0.2) is 0 Å². The number of rotatable bonds is 6. The van der Waals surface area contributed by atoms with Gasteiger partial charge in [-0.3, -0.25) is 14.7 Å². The van der Waals surface area contributed by atoms with E-state index in [1.165, 1.54) is 0 Å². The third-order valence-electron chi connectivity index (χ3n) is 4.33. The molecule has 1 unspecified atom stereocenters. The van der Waals surface area contributed by atoms with Gasteiger partial charge in [-0.05, 0) is 42.3 Å². The lowest BCUT2D eigenvalue weighted by Crippen LogP contribution is -2.40. The molecule has 28 heavy (non-hydrogen) atoms. The van der Waals surface area contributed by atoms with E-state index in [0.717, 1.165) is 16.8 Å². The molecule has 3 aromatic rings. The van der Waals surface area contributed by atoms with E-state index in [1.54, 1.807) is 19.4 Å². The van der Waals surface area contributed by atoms with E-state index in [2.05, 4.69) is 38.7 Å². The standard InChI is InChI=1S/C20H23ClN6.HI/c1-15-5-3-10-23-18(15)13-24-20(22-2)25-14-19(27-12-4-11-26-27)16-6-8-17(21)9-7-16;/h3-12,19H,13-14H2,1-2H3,(H2,22,24,25);1H. The third kappa shape index (κ3) is 5.93. The van der Waals surface area contributed by atoms with Crippen LogP contribution in [0.2, 0.25) is 5.02 Å². The van der Waals surface area contributed by atoms with Crippen molar-refractivity contribution in [2.75, 3.05) is 13.6 Å². The van der Waals surface area contributed by atoms with Gasteiger partial charge in [-0.15, -0.1) is 24.0 Å². The lowest BCUT2D eigenvalue weighted by atomic mass is 10.1. The van der Waals surface area contributed by atoms with Crippen LogP contribution in [0.3, 0.4) is 0 Å². The Labute approximate surface area is 187 Å². The summed E-state index contributed by atoms with van der Waals surface area (Å²) in [4.78, 5) is 8.71. The van der Waals surface area contributed by atoms with E-state index in [9.17, 15) is 0 Å². The molecule has 3 rings (SSSR count). The predicted molar refractivity (Wildman–Crippen MR) is 124 cm³/mol. The molecule has 0 aliphatic heterocycles. The second-order valence-corrected chi connectivity index (χ2v) is 6.56. The lowest BCUT2D eigenvalue weighted by molar-refractivity contribution is 0.510. The Morgan fingerprint density at radius 3 is 2.57 bits per heavy atom. The van der Waals surface area contributed by atoms with Gasteiger partial charge in [-0.2, -0.15) is 5.10 Å². The number of nitrogens with zero attached hydrogens (tertiary/aromatic N) is 4. The van der Waals surface area contributed by atoms with Gasteiger partial charge in [0.05, 0.1) is 18.3 Å². The Balaban J connectivity index is 0.00000280. The zero-order valence-corrected chi connectivity index (χ0v) is 18.9. The summed E-state index contributed by atoms with van der Waals surface area (Å²) in [5.74, 6) is 0.714. The van der Waals surface area contributed by atoms with Crippen molar-refractivity contribution < 1.29 is 0 Å².